The van der Waals surface area contributed by atoms with Crippen molar-refractivity contribution in [1.29, 1.82) is 0 Å². The summed E-state index contributed by atoms with van der Waals surface area (Å²) in [5.74, 6) is -0.478. The molecule has 1 amide bonds. The number of alkyl halides is 1. The van der Waals surface area contributed by atoms with Crippen LogP contribution in [0.2, 0.25) is 0 Å². The molecule has 1 rings (SSSR count). The number of primary amides is 1. The van der Waals surface area contributed by atoms with Crippen molar-refractivity contribution in [2.45, 2.75) is 4.83 Å². The highest BCUT2D eigenvalue weighted by atomic mass is 79.9. The summed E-state index contributed by atoms with van der Waals surface area (Å²) in [4.78, 5) is 9.94. The van der Waals surface area contributed by atoms with Crippen molar-refractivity contribution in [2.24, 2.45) is 5.73 Å². The second-order valence-electron chi connectivity index (χ2n) is 1.69. The van der Waals surface area contributed by atoms with Gasteiger partial charge in [-0.25, -0.2) is 0 Å². The molecule has 0 spiro atoms. The van der Waals surface area contributed by atoms with Crippen LogP contribution in [0.4, 0.5) is 0 Å². The van der Waals surface area contributed by atoms with Gasteiger partial charge in [-0.3, -0.25) is 4.79 Å². The maximum absolute atomic E-state index is 10.5. The Hall–Kier alpha value is -0.840. The number of aromatic nitrogens is 1. The molecule has 0 aliphatic carbocycles. The molecule has 1 unspecified atom stereocenters. The van der Waals surface area contributed by atoms with Crippen LogP contribution >= 0.6 is 15.9 Å². The monoisotopic (exact) mass is 204 g/mol. The summed E-state index contributed by atoms with van der Waals surface area (Å²) in [6.45, 7) is 0. The Bertz CT molecular complexity index is 222. The van der Waals surface area contributed by atoms with Crippen LogP contribution < -0.4 is 5.73 Å². The molecule has 0 aliphatic heterocycles. The average Bonchev–Trinajstić information content (AvgIpc) is 2.36. The predicted octanol–water partition coefficient (Wildman–Crippen LogP) is 0.596. The van der Waals surface area contributed by atoms with E-state index in [0.717, 1.165) is 0 Å². The highest BCUT2D eigenvalue weighted by molar-refractivity contribution is 9.09. The van der Waals surface area contributed by atoms with Crippen LogP contribution in [0.5, 0.6) is 0 Å². The van der Waals surface area contributed by atoms with E-state index in [1.54, 1.807) is 6.07 Å². The van der Waals surface area contributed by atoms with Crippen molar-refractivity contribution in [3.05, 3.63) is 18.0 Å². The summed E-state index contributed by atoms with van der Waals surface area (Å²) in [6, 6.07) is 1.57. The van der Waals surface area contributed by atoms with Crippen LogP contribution in [-0.4, -0.2) is 11.1 Å². The van der Waals surface area contributed by atoms with Gasteiger partial charge in [0.2, 0.25) is 5.91 Å². The number of halogens is 1. The van der Waals surface area contributed by atoms with Gasteiger partial charge in [0.05, 0.1) is 0 Å². The third kappa shape index (κ3) is 1.36. The number of nitrogens with two attached hydrogens (primary N) is 1. The first-order chi connectivity index (χ1) is 4.72. The van der Waals surface area contributed by atoms with Crippen molar-refractivity contribution in [3.8, 4) is 0 Å². The number of amides is 1. The second-order valence-corrected chi connectivity index (χ2v) is 2.60. The molecule has 1 aromatic rings. The van der Waals surface area contributed by atoms with E-state index in [2.05, 4.69) is 25.6 Å². The fraction of sp³-hybridized carbons (Fsp3) is 0.200. The topological polar surface area (TPSA) is 69.1 Å². The minimum absolute atomic E-state index is 0.478. The molecule has 4 nitrogen and oxygen atoms in total. The molecule has 0 saturated carbocycles. The Morgan fingerprint density at radius 1 is 1.90 bits per heavy atom. The van der Waals surface area contributed by atoms with Crippen LogP contribution in [0.1, 0.15) is 10.5 Å². The molecule has 1 heterocycles. The van der Waals surface area contributed by atoms with Gasteiger partial charge in [-0.1, -0.05) is 21.1 Å². The molecule has 0 aliphatic rings. The molecule has 5 heteroatoms. The lowest BCUT2D eigenvalue weighted by molar-refractivity contribution is -0.117. The molecule has 0 radical (unpaired) electrons. The summed E-state index contributed by atoms with van der Waals surface area (Å²) in [7, 11) is 0. The van der Waals surface area contributed by atoms with Crippen LogP contribution in [-0.2, 0) is 4.79 Å². The Morgan fingerprint density at radius 2 is 2.60 bits per heavy atom. The van der Waals surface area contributed by atoms with Crippen molar-refractivity contribution < 1.29 is 9.32 Å². The van der Waals surface area contributed by atoms with Crippen LogP contribution in [0, 0.1) is 0 Å². The first-order valence-corrected chi connectivity index (χ1v) is 3.47. The lowest BCUT2D eigenvalue weighted by Gasteiger charge is -1.96. The minimum Gasteiger partial charge on any atom is -0.368 e. The van der Waals surface area contributed by atoms with E-state index in [1.807, 2.05) is 0 Å². The Kier molecular flexibility index (Phi) is 2.06. The second kappa shape index (κ2) is 2.83. The molecule has 54 valence electrons. The fourth-order valence-corrected chi connectivity index (χ4v) is 0.735. The number of nitrogens with zero attached hydrogens (tertiary/aromatic N) is 1. The number of carbonyl (C=O) groups is 1. The molecular formula is C5H5BrN2O2. The first kappa shape index (κ1) is 7.27. The first-order valence-electron chi connectivity index (χ1n) is 2.55. The quantitative estimate of drug-likeness (QED) is 0.718. The van der Waals surface area contributed by atoms with Gasteiger partial charge in [-0.2, -0.15) is 0 Å². The lowest BCUT2D eigenvalue weighted by Crippen LogP contribution is -2.16. The normalized spacial score (nSPS) is 12.9. The van der Waals surface area contributed by atoms with Gasteiger partial charge in [0.1, 0.15) is 16.8 Å². The fourth-order valence-electron chi connectivity index (χ4n) is 0.498. The summed E-state index contributed by atoms with van der Waals surface area (Å²) in [5.41, 5.74) is 5.45. The maximum Gasteiger partial charge on any atom is 0.237 e. The van der Waals surface area contributed by atoms with Gasteiger partial charge in [0.25, 0.3) is 0 Å². The van der Waals surface area contributed by atoms with E-state index >= 15 is 0 Å². The van der Waals surface area contributed by atoms with Gasteiger partial charge in [0, 0.05) is 6.07 Å². The largest absolute Gasteiger partial charge is 0.368 e. The molecular weight excluding hydrogens is 200 g/mol. The summed E-state index contributed by atoms with van der Waals surface area (Å²) in [5, 5.41) is 3.51. The van der Waals surface area contributed by atoms with Crippen LogP contribution in [0.3, 0.4) is 0 Å². The zero-order valence-corrected chi connectivity index (χ0v) is 6.54. The van der Waals surface area contributed by atoms with Crippen molar-refractivity contribution >= 4 is 21.8 Å². The van der Waals surface area contributed by atoms with E-state index in [-0.39, 0.29) is 0 Å². The van der Waals surface area contributed by atoms with Gasteiger partial charge in [-0.05, 0) is 0 Å². The van der Waals surface area contributed by atoms with Crippen molar-refractivity contribution in [1.82, 2.24) is 5.16 Å². The summed E-state index contributed by atoms with van der Waals surface area (Å²) in [6.07, 6.45) is 1.38. The Balaban J connectivity index is 2.77. The molecule has 0 saturated heterocycles. The highest BCUT2D eigenvalue weighted by Crippen LogP contribution is 2.19. The zero-order chi connectivity index (χ0) is 7.56. The minimum atomic E-state index is -0.550. The van der Waals surface area contributed by atoms with Crippen LogP contribution in [0.15, 0.2) is 16.9 Å². The summed E-state index contributed by atoms with van der Waals surface area (Å²) >= 11 is 3.03. The van der Waals surface area contributed by atoms with E-state index in [1.165, 1.54) is 6.26 Å². The highest BCUT2D eigenvalue weighted by Gasteiger charge is 2.15. The van der Waals surface area contributed by atoms with E-state index in [4.69, 9.17) is 5.73 Å². The molecule has 0 aromatic carbocycles. The zero-order valence-electron chi connectivity index (χ0n) is 4.95. The molecule has 1 aromatic heterocycles. The molecule has 10 heavy (non-hydrogen) atoms. The molecule has 0 fully saturated rings. The van der Waals surface area contributed by atoms with Gasteiger partial charge >= 0.3 is 0 Å². The third-order valence-electron chi connectivity index (χ3n) is 0.967. The smallest absolute Gasteiger partial charge is 0.237 e. The van der Waals surface area contributed by atoms with Crippen molar-refractivity contribution in [3.63, 3.8) is 0 Å². The third-order valence-corrected chi connectivity index (χ3v) is 1.89. The number of carbonyl (C=O) groups excluding carboxylic acids is 1. The molecule has 2 N–H and O–H groups in total. The standard InChI is InChI=1S/C5H5BrN2O2/c6-4(5(7)9)3-1-2-10-8-3/h1-2,4H,(H2,7,9). The van der Waals surface area contributed by atoms with Crippen LogP contribution in [0.25, 0.3) is 0 Å². The van der Waals surface area contributed by atoms with E-state index in [0.29, 0.717) is 5.69 Å². The predicted molar refractivity (Wildman–Crippen MR) is 37.4 cm³/mol. The maximum atomic E-state index is 10.5. The van der Waals surface area contributed by atoms with Crippen molar-refractivity contribution in [2.75, 3.05) is 0 Å². The van der Waals surface area contributed by atoms with Gasteiger partial charge in [-0.15, -0.1) is 0 Å². The SMILES string of the molecule is NC(=O)C(Br)c1ccon1. The van der Waals surface area contributed by atoms with E-state index in [9.17, 15) is 4.79 Å². The lowest BCUT2D eigenvalue weighted by atomic mass is 10.3. The average molecular weight is 205 g/mol. The number of rotatable bonds is 2. The summed E-state index contributed by atoms with van der Waals surface area (Å²) < 4.78 is 4.50. The molecule has 1 atom stereocenters. The Labute approximate surface area is 65.5 Å². The Morgan fingerprint density at radius 3 is 3.00 bits per heavy atom. The number of hydrogen-bond donors (Lipinski definition) is 1. The number of hydrogen-bond acceptors (Lipinski definition) is 3. The van der Waals surface area contributed by atoms with Gasteiger partial charge in [0.15, 0.2) is 0 Å². The van der Waals surface area contributed by atoms with E-state index < -0.39 is 10.7 Å². The van der Waals surface area contributed by atoms with Gasteiger partial charge < -0.3 is 10.3 Å². The molecule has 0 bridgehead atoms.